The van der Waals surface area contributed by atoms with Gasteiger partial charge in [0.2, 0.25) is 17.7 Å². The van der Waals surface area contributed by atoms with E-state index in [1.165, 1.54) is 11.8 Å². The largest absolute Gasteiger partial charge is 0.493 e. The molecule has 0 aromatic heterocycles. The smallest absolute Gasteiger partial charge is 0.331 e. The molecule has 0 radical (unpaired) electrons. The van der Waals surface area contributed by atoms with E-state index in [9.17, 15) is 29.1 Å². The van der Waals surface area contributed by atoms with Gasteiger partial charge in [-0.1, -0.05) is 94.7 Å². The monoisotopic (exact) mass is 766 g/mol. The van der Waals surface area contributed by atoms with Gasteiger partial charge < -0.3 is 35.5 Å². The molecule has 0 saturated carbocycles. The third-order valence-corrected chi connectivity index (χ3v) is 11.2. The summed E-state index contributed by atoms with van der Waals surface area (Å²) in [5.41, 5.74) is -0.317. The van der Waals surface area contributed by atoms with Gasteiger partial charge in [-0.05, 0) is 62.7 Å². The van der Waals surface area contributed by atoms with Crippen molar-refractivity contribution >= 4 is 51.1 Å². The van der Waals surface area contributed by atoms with Crippen molar-refractivity contribution in [3.8, 4) is 5.75 Å². The number of carbonyl (C=O) groups excluding carboxylic acids is 4. The Morgan fingerprint density at radius 2 is 1.67 bits per heavy atom. The quantitative estimate of drug-likeness (QED) is 0.0559. The number of aliphatic carboxylic acids is 1. The maximum atomic E-state index is 14.0. The van der Waals surface area contributed by atoms with Gasteiger partial charge in [0, 0.05) is 50.3 Å². The highest BCUT2D eigenvalue weighted by Gasteiger charge is 2.41. The Hall–Kier alpha value is -3.03. The summed E-state index contributed by atoms with van der Waals surface area (Å²) in [7, 11) is 6.62. The molecule has 3 amide bonds. The highest BCUT2D eigenvalue weighted by molar-refractivity contribution is 8.76. The van der Waals surface area contributed by atoms with E-state index >= 15 is 0 Å². The number of nitrogens with one attached hydrogen (secondary N) is 3. The molecular formula is C39H64N4O7S2. The fourth-order valence-electron chi connectivity index (χ4n) is 5.66. The molecule has 4 N–H and O–H groups in total. The van der Waals surface area contributed by atoms with Gasteiger partial charge in [-0.25, -0.2) is 4.79 Å². The SMILES string of the molecule is [3H]CC(=O)CCCCCNC(=O)CCSSCCOc1cccc(C(C)(C)[C@H](NC)C(=O)N[C@H](C(=O)N(C)[C@H](/C=C(\C)C(=O)O)C(C)C)C(C)(C)C)c1. The molecule has 0 heterocycles. The van der Waals surface area contributed by atoms with Gasteiger partial charge >= 0.3 is 5.97 Å². The molecule has 1 aromatic carbocycles. The van der Waals surface area contributed by atoms with Crippen molar-refractivity contribution in [2.45, 2.75) is 118 Å². The topological polar surface area (TPSA) is 154 Å². The molecular weight excluding hydrogens is 701 g/mol. The first-order valence-corrected chi connectivity index (χ1v) is 20.5. The molecule has 294 valence electrons. The van der Waals surface area contributed by atoms with Gasteiger partial charge in [-0.2, -0.15) is 0 Å². The van der Waals surface area contributed by atoms with Crippen molar-refractivity contribution in [1.29, 1.82) is 0 Å². The fraction of sp³-hybridized carbons (Fsp3) is 0.667. The van der Waals surface area contributed by atoms with E-state index in [0.29, 0.717) is 37.5 Å². The van der Waals surface area contributed by atoms with Gasteiger partial charge in [0.05, 0.1) is 18.7 Å². The van der Waals surface area contributed by atoms with Crippen LogP contribution < -0.4 is 20.7 Å². The number of amides is 3. The minimum atomic E-state index is -1.05. The van der Waals surface area contributed by atoms with E-state index in [2.05, 4.69) is 16.0 Å². The Bertz CT molecular complexity index is 1380. The summed E-state index contributed by atoms with van der Waals surface area (Å²) in [6, 6.07) is 5.59. The van der Waals surface area contributed by atoms with Gasteiger partial charge in [-0.3, -0.25) is 14.4 Å². The molecule has 0 saturated heterocycles. The van der Waals surface area contributed by atoms with E-state index in [0.717, 1.165) is 30.6 Å². The Labute approximate surface area is 321 Å². The summed E-state index contributed by atoms with van der Waals surface area (Å²) in [6.07, 6.45) is 4.89. The van der Waals surface area contributed by atoms with Crippen LogP contribution in [-0.2, 0) is 29.4 Å². The molecule has 0 aliphatic rings. The van der Waals surface area contributed by atoms with Crippen molar-refractivity contribution in [3.63, 3.8) is 0 Å². The third kappa shape index (κ3) is 16.3. The summed E-state index contributed by atoms with van der Waals surface area (Å²) < 4.78 is 13.1. The Morgan fingerprint density at radius 1 is 1.00 bits per heavy atom. The number of ketones is 1. The van der Waals surface area contributed by atoms with Gasteiger partial charge in [0.1, 0.15) is 17.6 Å². The van der Waals surface area contributed by atoms with E-state index in [-0.39, 0.29) is 41.9 Å². The predicted octanol–water partition coefficient (Wildman–Crippen LogP) is 6.01. The fourth-order valence-corrected chi connectivity index (χ4v) is 7.48. The lowest BCUT2D eigenvalue weighted by molar-refractivity contribution is -0.141. The number of rotatable bonds is 24. The zero-order valence-corrected chi connectivity index (χ0v) is 34.6. The number of likely N-dealkylation sites (N-methyl/N-ethyl adjacent to an activating group) is 2. The van der Waals surface area contributed by atoms with Crippen LogP contribution in [0.5, 0.6) is 5.75 Å². The second-order valence-corrected chi connectivity index (χ2v) is 17.8. The average molecular weight is 767 g/mol. The van der Waals surface area contributed by atoms with E-state index in [1.54, 1.807) is 41.8 Å². The standard InChI is InChI=1S/C39H64N4O7S2/c1-26(2)31(24-27(3)37(48)49)43(11)36(47)34(38(5,6)7)42-35(46)33(40-10)39(8,9)29-17-15-18-30(25-29)50-21-23-52-51-22-19-32(45)41-20-14-12-13-16-28(4)44/h15,17-18,24-26,31,33-34,40H,12-14,16,19-23H2,1-11H3,(H,41,45)(H,42,46)(H,48,49)/b27-24+/t31-,33-,34-/m1/s1/i4T. The van der Waals surface area contributed by atoms with E-state index in [1.807, 2.05) is 72.7 Å². The molecule has 0 unspecified atom stereocenters. The number of unbranched alkanes of at least 4 members (excludes halogenated alkanes) is 2. The Morgan fingerprint density at radius 3 is 2.27 bits per heavy atom. The molecule has 0 bridgehead atoms. The van der Waals surface area contributed by atoms with Crippen molar-refractivity contribution in [2.75, 3.05) is 38.8 Å². The highest BCUT2D eigenvalue weighted by atomic mass is 33.1. The van der Waals surface area contributed by atoms with Crippen LogP contribution in [0, 0.1) is 11.3 Å². The molecule has 0 fully saturated rings. The molecule has 0 aliphatic carbocycles. The lowest BCUT2D eigenvalue weighted by Crippen LogP contribution is -2.61. The lowest BCUT2D eigenvalue weighted by atomic mass is 9.76. The van der Waals surface area contributed by atoms with Gasteiger partial charge in [0.25, 0.3) is 0 Å². The summed E-state index contributed by atoms with van der Waals surface area (Å²) >= 11 is 0. The minimum absolute atomic E-state index is 0.0117. The second kappa shape index (κ2) is 22.9. The summed E-state index contributed by atoms with van der Waals surface area (Å²) in [5, 5.41) is 18.6. The van der Waals surface area contributed by atoms with Crippen LogP contribution in [0.25, 0.3) is 0 Å². The molecule has 13 heteroatoms. The number of benzene rings is 1. The lowest BCUT2D eigenvalue weighted by Gasteiger charge is -2.40. The molecule has 1 aromatic rings. The second-order valence-electron chi connectivity index (χ2n) is 15.1. The van der Waals surface area contributed by atoms with Crippen LogP contribution in [0.1, 0.15) is 101 Å². The Balaban J connectivity index is 2.78. The zero-order chi connectivity index (χ0) is 40.4. The van der Waals surface area contributed by atoms with Crippen LogP contribution in [0.15, 0.2) is 35.9 Å². The first-order chi connectivity index (χ1) is 24.8. The van der Waals surface area contributed by atoms with E-state index in [4.69, 9.17) is 6.11 Å². The first kappa shape index (κ1) is 45.1. The zero-order valence-electron chi connectivity index (χ0n) is 33.9. The van der Waals surface area contributed by atoms with Crippen molar-refractivity contribution in [3.05, 3.63) is 41.5 Å². The number of Topliss-reactive ketones (excluding diaryl/α,β-unsaturated/α-hetero) is 1. The number of carboxylic acids is 1. The number of hydrogen-bond donors (Lipinski definition) is 4. The van der Waals surface area contributed by atoms with Crippen molar-refractivity contribution in [2.24, 2.45) is 11.3 Å². The van der Waals surface area contributed by atoms with Crippen molar-refractivity contribution < 1.29 is 35.2 Å². The number of carbonyl (C=O) groups is 5. The summed E-state index contributed by atoms with van der Waals surface area (Å²) in [5.74, 6) is 0.305. The maximum Gasteiger partial charge on any atom is 0.331 e. The normalized spacial score (nSPS) is 14.2. The first-order valence-electron chi connectivity index (χ1n) is 18.7. The van der Waals surface area contributed by atoms with Crippen LogP contribution >= 0.6 is 21.6 Å². The third-order valence-electron chi connectivity index (χ3n) is 8.87. The predicted molar refractivity (Wildman–Crippen MR) is 214 cm³/mol. The van der Waals surface area contributed by atoms with E-state index < -0.39 is 34.9 Å². The molecule has 52 heavy (non-hydrogen) atoms. The number of ether oxygens (including phenoxy) is 1. The number of hydrogen-bond acceptors (Lipinski definition) is 9. The van der Waals surface area contributed by atoms with Crippen LogP contribution in [0.4, 0.5) is 0 Å². The van der Waals surface area contributed by atoms with Crippen molar-refractivity contribution in [1.82, 2.24) is 20.9 Å². The molecule has 11 nitrogen and oxygen atoms in total. The minimum Gasteiger partial charge on any atom is -0.493 e. The molecule has 0 spiro atoms. The van der Waals surface area contributed by atoms with Gasteiger partial charge in [0.15, 0.2) is 0 Å². The number of carboxylic acid groups (broad SMARTS) is 1. The maximum absolute atomic E-state index is 14.0. The van der Waals surface area contributed by atoms with Crippen LogP contribution in [-0.4, -0.2) is 96.4 Å². The highest BCUT2D eigenvalue weighted by Crippen LogP contribution is 2.31. The summed E-state index contributed by atoms with van der Waals surface area (Å²) in [4.78, 5) is 64.3. The van der Waals surface area contributed by atoms with Gasteiger partial charge in [-0.15, -0.1) is 0 Å². The number of nitrogens with zero attached hydrogens (tertiary/aromatic N) is 1. The van der Waals surface area contributed by atoms with Crippen LogP contribution in [0.2, 0.25) is 0 Å². The Kier molecular flexibility index (Phi) is 19.9. The molecule has 1 rings (SSSR count). The molecule has 0 aliphatic heterocycles. The summed E-state index contributed by atoms with van der Waals surface area (Å²) in [6.45, 7) is 15.8. The average Bonchev–Trinajstić information content (AvgIpc) is 3.09. The van der Waals surface area contributed by atoms with Crippen LogP contribution in [0.3, 0.4) is 0 Å². The molecule has 3 atom stereocenters.